The third-order valence-corrected chi connectivity index (χ3v) is 9.47. The number of ether oxygens (including phenoxy) is 1. The smallest absolute Gasteiger partial charge is 0.264 e. The molecular formula is C30H34BrCl2N3O5S. The van der Waals surface area contributed by atoms with Crippen molar-refractivity contribution in [3.63, 3.8) is 0 Å². The van der Waals surface area contributed by atoms with Crippen molar-refractivity contribution in [3.05, 3.63) is 86.3 Å². The second-order valence-electron chi connectivity index (χ2n) is 10.8. The van der Waals surface area contributed by atoms with Crippen molar-refractivity contribution in [2.75, 3.05) is 18.0 Å². The lowest BCUT2D eigenvalue weighted by Crippen LogP contribution is -2.54. The van der Waals surface area contributed by atoms with Crippen LogP contribution in [-0.4, -0.2) is 50.4 Å². The largest absolute Gasteiger partial charge is 0.496 e. The zero-order valence-corrected chi connectivity index (χ0v) is 28.2. The van der Waals surface area contributed by atoms with Crippen LogP contribution in [0, 0.1) is 6.92 Å². The fourth-order valence-corrected chi connectivity index (χ4v) is 6.74. The number of benzene rings is 3. The summed E-state index contributed by atoms with van der Waals surface area (Å²) in [5, 5.41) is 3.52. The van der Waals surface area contributed by atoms with Crippen molar-refractivity contribution in [1.29, 1.82) is 0 Å². The van der Waals surface area contributed by atoms with Gasteiger partial charge in [0.05, 0.1) is 22.2 Å². The number of amides is 2. The third kappa shape index (κ3) is 8.18. The van der Waals surface area contributed by atoms with E-state index in [9.17, 15) is 18.0 Å². The summed E-state index contributed by atoms with van der Waals surface area (Å²) in [6, 6.07) is 15.1. The molecule has 42 heavy (non-hydrogen) atoms. The Morgan fingerprint density at radius 3 is 2.14 bits per heavy atom. The summed E-state index contributed by atoms with van der Waals surface area (Å²) in [6.45, 7) is 8.22. The lowest BCUT2D eigenvalue weighted by molar-refractivity contribution is -0.140. The molecule has 0 saturated carbocycles. The number of carbonyl (C=O) groups excluding carboxylic acids is 2. The summed E-state index contributed by atoms with van der Waals surface area (Å²) >= 11 is 16.2. The predicted molar refractivity (Wildman–Crippen MR) is 171 cm³/mol. The number of aryl methyl sites for hydroxylation is 1. The fourth-order valence-electron chi connectivity index (χ4n) is 4.08. The van der Waals surface area contributed by atoms with Gasteiger partial charge in [-0.3, -0.25) is 13.9 Å². The second kappa shape index (κ2) is 13.7. The summed E-state index contributed by atoms with van der Waals surface area (Å²) in [7, 11) is -2.78. The Morgan fingerprint density at radius 1 is 1.02 bits per heavy atom. The molecule has 0 heterocycles. The molecule has 0 aliphatic carbocycles. The minimum absolute atomic E-state index is 0.0530. The predicted octanol–water partition coefficient (Wildman–Crippen LogP) is 6.60. The van der Waals surface area contributed by atoms with E-state index in [1.807, 2.05) is 27.7 Å². The van der Waals surface area contributed by atoms with Crippen LogP contribution in [0.25, 0.3) is 0 Å². The zero-order valence-electron chi connectivity index (χ0n) is 24.2. The maximum atomic E-state index is 14.1. The van der Waals surface area contributed by atoms with Gasteiger partial charge in [-0.1, -0.05) is 47.0 Å². The Hall–Kier alpha value is -2.79. The van der Waals surface area contributed by atoms with Crippen LogP contribution in [0.1, 0.15) is 38.8 Å². The van der Waals surface area contributed by atoms with E-state index >= 15 is 0 Å². The molecule has 0 aromatic heterocycles. The van der Waals surface area contributed by atoms with Gasteiger partial charge < -0.3 is 15.0 Å². The number of anilines is 1. The van der Waals surface area contributed by atoms with Crippen LogP contribution in [0.2, 0.25) is 10.0 Å². The maximum Gasteiger partial charge on any atom is 0.264 e. The zero-order chi connectivity index (χ0) is 31.4. The molecule has 3 aromatic rings. The minimum Gasteiger partial charge on any atom is -0.496 e. The van der Waals surface area contributed by atoms with Crippen molar-refractivity contribution in [2.24, 2.45) is 0 Å². The first-order valence-corrected chi connectivity index (χ1v) is 16.0. The van der Waals surface area contributed by atoms with Crippen LogP contribution in [-0.2, 0) is 26.2 Å². The van der Waals surface area contributed by atoms with Crippen molar-refractivity contribution >= 4 is 66.7 Å². The molecule has 0 spiro atoms. The van der Waals surface area contributed by atoms with Gasteiger partial charge in [-0.2, -0.15) is 0 Å². The highest BCUT2D eigenvalue weighted by atomic mass is 79.9. The number of rotatable bonds is 10. The topological polar surface area (TPSA) is 96.0 Å². The quantitative estimate of drug-likeness (QED) is 0.258. The standard InChI is InChI=1S/C30H34BrCl2N3O5S/c1-19-10-12-21(13-11-19)36(42(39,40)22-14-15-27(41-6)24(31)16-22)18-28(37)35(20(2)29(38)34-30(3,4)5)17-23-25(32)8-7-9-26(23)33/h7-16,20H,17-18H2,1-6H3,(H,34,38)/t20-/m0/s1. The Labute approximate surface area is 266 Å². The van der Waals surface area contributed by atoms with Crippen LogP contribution >= 0.6 is 39.1 Å². The van der Waals surface area contributed by atoms with Crippen LogP contribution in [0.5, 0.6) is 5.75 Å². The lowest BCUT2D eigenvalue weighted by atomic mass is 10.1. The molecule has 3 rings (SSSR count). The molecule has 0 aliphatic heterocycles. The van der Waals surface area contributed by atoms with Gasteiger partial charge in [0.15, 0.2) is 0 Å². The third-order valence-electron chi connectivity index (χ3n) is 6.37. The maximum absolute atomic E-state index is 14.1. The van der Waals surface area contributed by atoms with Gasteiger partial charge in [-0.15, -0.1) is 0 Å². The molecule has 8 nitrogen and oxygen atoms in total. The molecule has 0 radical (unpaired) electrons. The molecular weight excluding hydrogens is 665 g/mol. The SMILES string of the molecule is COc1ccc(S(=O)(=O)N(CC(=O)N(Cc2c(Cl)cccc2Cl)[C@@H](C)C(=O)NC(C)(C)C)c2ccc(C)cc2)cc1Br. The van der Waals surface area contributed by atoms with Crippen LogP contribution < -0.4 is 14.4 Å². The Kier molecular flexibility index (Phi) is 11.0. The molecule has 1 atom stereocenters. The molecule has 0 saturated heterocycles. The highest BCUT2D eigenvalue weighted by molar-refractivity contribution is 9.10. The first kappa shape index (κ1) is 33.7. The van der Waals surface area contributed by atoms with E-state index < -0.39 is 40.0 Å². The van der Waals surface area contributed by atoms with Crippen molar-refractivity contribution in [2.45, 2.75) is 57.6 Å². The van der Waals surface area contributed by atoms with Gasteiger partial charge >= 0.3 is 0 Å². The number of nitrogens with one attached hydrogen (secondary N) is 1. The minimum atomic E-state index is -4.26. The van der Waals surface area contributed by atoms with Crippen molar-refractivity contribution < 1.29 is 22.7 Å². The number of carbonyl (C=O) groups is 2. The normalized spacial score (nSPS) is 12.4. The van der Waals surface area contributed by atoms with E-state index in [4.69, 9.17) is 27.9 Å². The molecule has 0 aliphatic rings. The molecule has 3 aromatic carbocycles. The summed E-state index contributed by atoms with van der Waals surface area (Å²) in [6.07, 6.45) is 0. The molecule has 12 heteroatoms. The highest BCUT2D eigenvalue weighted by Gasteiger charge is 2.34. The van der Waals surface area contributed by atoms with Gasteiger partial charge in [-0.05, 0) is 93.0 Å². The summed E-state index contributed by atoms with van der Waals surface area (Å²) in [4.78, 5) is 28.6. The average molecular weight is 699 g/mol. The summed E-state index contributed by atoms with van der Waals surface area (Å²) in [5.74, 6) is -0.587. The van der Waals surface area contributed by atoms with E-state index in [2.05, 4.69) is 21.2 Å². The monoisotopic (exact) mass is 697 g/mol. The average Bonchev–Trinajstić information content (AvgIpc) is 2.90. The Morgan fingerprint density at radius 2 is 1.62 bits per heavy atom. The highest BCUT2D eigenvalue weighted by Crippen LogP contribution is 2.32. The number of hydrogen-bond donors (Lipinski definition) is 1. The van der Waals surface area contributed by atoms with Gasteiger partial charge in [0.2, 0.25) is 11.8 Å². The van der Waals surface area contributed by atoms with E-state index in [0.717, 1.165) is 9.87 Å². The fraction of sp³-hybridized carbons (Fsp3) is 0.333. The van der Waals surface area contributed by atoms with Crippen molar-refractivity contribution in [3.8, 4) is 5.75 Å². The van der Waals surface area contributed by atoms with Gasteiger partial charge in [0, 0.05) is 27.7 Å². The van der Waals surface area contributed by atoms with Crippen LogP contribution in [0.3, 0.4) is 0 Å². The van der Waals surface area contributed by atoms with Gasteiger partial charge in [-0.25, -0.2) is 8.42 Å². The first-order chi connectivity index (χ1) is 19.5. The van der Waals surface area contributed by atoms with E-state index in [0.29, 0.717) is 25.8 Å². The molecule has 0 unspecified atom stereocenters. The molecule has 1 N–H and O–H groups in total. The number of methoxy groups -OCH3 is 1. The molecule has 2 amide bonds. The van der Waals surface area contributed by atoms with Gasteiger partial charge in [0.25, 0.3) is 10.0 Å². The number of halogens is 3. The number of hydrogen-bond acceptors (Lipinski definition) is 5. The van der Waals surface area contributed by atoms with Gasteiger partial charge in [0.1, 0.15) is 18.3 Å². The van der Waals surface area contributed by atoms with Crippen LogP contribution in [0.4, 0.5) is 5.69 Å². The first-order valence-electron chi connectivity index (χ1n) is 13.0. The molecule has 226 valence electrons. The van der Waals surface area contributed by atoms with Crippen LogP contribution in [0.15, 0.2) is 70.0 Å². The summed E-state index contributed by atoms with van der Waals surface area (Å²) < 4.78 is 34.8. The second-order valence-corrected chi connectivity index (χ2v) is 14.3. The molecule has 0 fully saturated rings. The van der Waals surface area contributed by atoms with E-state index in [1.54, 1.807) is 49.4 Å². The van der Waals surface area contributed by atoms with Crippen molar-refractivity contribution in [1.82, 2.24) is 10.2 Å². The molecule has 0 bridgehead atoms. The summed E-state index contributed by atoms with van der Waals surface area (Å²) in [5.41, 5.74) is 1.06. The van der Waals surface area contributed by atoms with E-state index in [-0.39, 0.29) is 17.1 Å². The number of sulfonamides is 1. The van der Waals surface area contributed by atoms with E-state index in [1.165, 1.54) is 30.2 Å². The Bertz CT molecular complexity index is 1540. The number of nitrogens with zero attached hydrogens (tertiary/aromatic N) is 2. The Balaban J connectivity index is 2.10. The lowest BCUT2D eigenvalue weighted by Gasteiger charge is -2.34.